The lowest BCUT2D eigenvalue weighted by Gasteiger charge is -2.40. The van der Waals surface area contributed by atoms with E-state index in [1.54, 1.807) is 6.08 Å². The average Bonchev–Trinajstić information content (AvgIpc) is 3.38. The number of carbonyl (C=O) groups excluding carboxylic acids is 1. The Hall–Kier alpha value is -1.85. The van der Waals surface area contributed by atoms with Crippen molar-refractivity contribution in [3.63, 3.8) is 0 Å². The van der Waals surface area contributed by atoms with Crippen LogP contribution < -0.4 is 5.32 Å². The molecule has 0 aromatic carbocycles. The van der Waals surface area contributed by atoms with Gasteiger partial charge in [0.2, 0.25) is 5.91 Å². The van der Waals surface area contributed by atoms with Crippen LogP contribution in [0.3, 0.4) is 0 Å². The van der Waals surface area contributed by atoms with Crippen LogP contribution in [0.2, 0.25) is 0 Å². The minimum atomic E-state index is -1.57. The van der Waals surface area contributed by atoms with Crippen LogP contribution in [0.4, 0.5) is 0 Å². The minimum absolute atomic E-state index is 0.188. The maximum atomic E-state index is 13.0. The molecule has 0 bridgehead atoms. The van der Waals surface area contributed by atoms with Gasteiger partial charge in [-0.05, 0) is 70.6 Å². The number of amides is 1. The van der Waals surface area contributed by atoms with Crippen LogP contribution in [0, 0.1) is 0 Å². The fourth-order valence-electron chi connectivity index (χ4n) is 9.72. The molecule has 9 nitrogen and oxygen atoms in total. The van der Waals surface area contributed by atoms with Gasteiger partial charge in [0, 0.05) is 6.42 Å². The highest BCUT2D eigenvalue weighted by molar-refractivity contribution is 5.76. The fourth-order valence-corrected chi connectivity index (χ4v) is 9.72. The number of hydrogen-bond donors (Lipinski definition) is 6. The summed E-state index contributed by atoms with van der Waals surface area (Å²) in [6.45, 7) is 3.75. The van der Waals surface area contributed by atoms with E-state index < -0.39 is 49.5 Å². The van der Waals surface area contributed by atoms with Crippen molar-refractivity contribution >= 4 is 5.91 Å². The lowest BCUT2D eigenvalue weighted by atomic mass is 9.99. The van der Waals surface area contributed by atoms with E-state index in [9.17, 15) is 30.3 Å². The van der Waals surface area contributed by atoms with Crippen molar-refractivity contribution in [2.45, 2.75) is 333 Å². The first-order valence-electron chi connectivity index (χ1n) is 30.9. The van der Waals surface area contributed by atoms with Crippen LogP contribution in [0.15, 0.2) is 48.6 Å². The zero-order valence-corrected chi connectivity index (χ0v) is 46.9. The third-order valence-electron chi connectivity index (χ3n) is 14.6. The van der Waals surface area contributed by atoms with Crippen molar-refractivity contribution in [3.05, 3.63) is 48.6 Å². The molecule has 1 saturated heterocycles. The van der Waals surface area contributed by atoms with Gasteiger partial charge in [0.15, 0.2) is 6.29 Å². The SMILES string of the molecule is CCCCCC/C=C/CC/C=C/CC/C=C/C(O)C(COC1OC(CO)C(O)C(O)C1O)NC(=O)CCCCCCCCCCCCCCCCCCCCCCCCC/C=C\CCCCCCCCCC. The lowest BCUT2D eigenvalue weighted by Crippen LogP contribution is -2.60. The third kappa shape index (κ3) is 41.4. The van der Waals surface area contributed by atoms with Gasteiger partial charge in [-0.25, -0.2) is 0 Å². The number of rotatable bonds is 53. The van der Waals surface area contributed by atoms with E-state index >= 15 is 0 Å². The molecule has 1 rings (SSSR count). The first-order valence-corrected chi connectivity index (χ1v) is 30.9. The van der Waals surface area contributed by atoms with Gasteiger partial charge in [-0.15, -0.1) is 0 Å². The van der Waals surface area contributed by atoms with E-state index in [2.05, 4.69) is 55.6 Å². The maximum Gasteiger partial charge on any atom is 0.220 e. The Morgan fingerprint density at radius 1 is 0.458 bits per heavy atom. The number of unbranched alkanes of at least 4 members (excludes halogenated alkanes) is 37. The molecule has 1 aliphatic rings. The van der Waals surface area contributed by atoms with Gasteiger partial charge in [0.05, 0.1) is 25.4 Å². The third-order valence-corrected chi connectivity index (χ3v) is 14.6. The quantitative estimate of drug-likeness (QED) is 0.0261. The van der Waals surface area contributed by atoms with E-state index in [1.807, 2.05) is 6.08 Å². The van der Waals surface area contributed by atoms with Gasteiger partial charge >= 0.3 is 0 Å². The van der Waals surface area contributed by atoms with E-state index in [-0.39, 0.29) is 12.5 Å². The zero-order valence-electron chi connectivity index (χ0n) is 46.9. The summed E-state index contributed by atoms with van der Waals surface area (Å²) in [5.41, 5.74) is 0. The van der Waals surface area contributed by atoms with Crippen LogP contribution >= 0.6 is 0 Å². The van der Waals surface area contributed by atoms with Crippen LogP contribution in [0.1, 0.15) is 290 Å². The number of carbonyl (C=O) groups is 1. The Morgan fingerprint density at radius 2 is 0.792 bits per heavy atom. The van der Waals surface area contributed by atoms with Gasteiger partial charge in [-0.2, -0.15) is 0 Å². The number of aliphatic hydroxyl groups is 5. The largest absolute Gasteiger partial charge is 0.394 e. The summed E-state index contributed by atoms with van der Waals surface area (Å²) in [6.07, 6.45) is 63.6. The molecule has 1 fully saturated rings. The van der Waals surface area contributed by atoms with Gasteiger partial charge in [-0.3, -0.25) is 4.79 Å². The van der Waals surface area contributed by atoms with Gasteiger partial charge in [0.1, 0.15) is 24.4 Å². The summed E-state index contributed by atoms with van der Waals surface area (Å²) in [6, 6.07) is -0.827. The molecule has 7 atom stereocenters. The van der Waals surface area contributed by atoms with Crippen molar-refractivity contribution in [2.75, 3.05) is 13.2 Å². The van der Waals surface area contributed by atoms with E-state index in [0.717, 1.165) is 51.4 Å². The second-order valence-electron chi connectivity index (χ2n) is 21.5. The lowest BCUT2D eigenvalue weighted by molar-refractivity contribution is -0.302. The number of allylic oxidation sites excluding steroid dienone is 7. The molecule has 1 amide bonds. The van der Waals surface area contributed by atoms with Crippen molar-refractivity contribution in [1.82, 2.24) is 5.32 Å². The Kier molecular flexibility index (Phi) is 49.8. The molecule has 422 valence electrons. The molecular weight excluding hydrogens is 899 g/mol. The first kappa shape index (κ1) is 68.2. The topological polar surface area (TPSA) is 149 Å². The molecular formula is C63H117NO8. The molecule has 0 saturated carbocycles. The fraction of sp³-hybridized carbons (Fsp3) is 0.857. The van der Waals surface area contributed by atoms with Crippen LogP contribution in [0.5, 0.6) is 0 Å². The second-order valence-corrected chi connectivity index (χ2v) is 21.5. The van der Waals surface area contributed by atoms with Crippen LogP contribution in [0.25, 0.3) is 0 Å². The number of hydrogen-bond acceptors (Lipinski definition) is 8. The zero-order chi connectivity index (χ0) is 52.2. The molecule has 1 aliphatic heterocycles. The highest BCUT2D eigenvalue weighted by atomic mass is 16.7. The molecule has 0 aliphatic carbocycles. The van der Waals surface area contributed by atoms with Gasteiger partial charge in [0.25, 0.3) is 0 Å². The standard InChI is InChI=1S/C63H117NO8/c1-3-5-7-9-11-13-15-17-19-20-21-22-23-24-25-26-27-28-29-30-31-32-33-34-35-36-37-38-39-41-43-45-47-49-51-53-59(67)64-56(55-71-63-62(70)61(69)60(68)58(54-65)72-63)57(66)52-50-48-46-44-42-40-18-16-14-12-10-8-6-4-2/h14,16,20-21,42,44,50,52,56-58,60-63,65-66,68-70H,3-13,15,17-19,22-41,43,45-49,51,53-55H2,1-2H3,(H,64,67)/b16-14+,21-20-,44-42+,52-50+. The van der Waals surface area contributed by atoms with Crippen molar-refractivity contribution < 1.29 is 39.8 Å². The maximum absolute atomic E-state index is 13.0. The minimum Gasteiger partial charge on any atom is -0.394 e. The van der Waals surface area contributed by atoms with Gasteiger partial charge in [-0.1, -0.05) is 262 Å². The Morgan fingerprint density at radius 3 is 1.18 bits per heavy atom. The molecule has 0 aromatic rings. The van der Waals surface area contributed by atoms with E-state index in [0.29, 0.717) is 6.42 Å². The van der Waals surface area contributed by atoms with Crippen LogP contribution in [-0.2, 0) is 14.3 Å². The van der Waals surface area contributed by atoms with Crippen LogP contribution in [-0.4, -0.2) is 87.5 Å². The molecule has 0 radical (unpaired) electrons. The van der Waals surface area contributed by atoms with Crippen molar-refractivity contribution in [1.29, 1.82) is 0 Å². The van der Waals surface area contributed by atoms with Crippen molar-refractivity contribution in [2.24, 2.45) is 0 Å². The Labute approximate surface area is 444 Å². The summed E-state index contributed by atoms with van der Waals surface area (Å²) in [5.74, 6) is -0.188. The normalized spacial score (nSPS) is 19.5. The van der Waals surface area contributed by atoms with E-state index in [4.69, 9.17) is 9.47 Å². The summed E-state index contributed by atoms with van der Waals surface area (Å²) >= 11 is 0. The number of aliphatic hydroxyl groups excluding tert-OH is 5. The monoisotopic (exact) mass is 1020 g/mol. The van der Waals surface area contributed by atoms with Gasteiger partial charge < -0.3 is 40.3 Å². The van der Waals surface area contributed by atoms with E-state index in [1.165, 1.54) is 218 Å². The Balaban J connectivity index is 2.09. The molecule has 6 N–H and O–H groups in total. The number of nitrogens with one attached hydrogen (secondary N) is 1. The summed E-state index contributed by atoms with van der Waals surface area (Å²) < 4.78 is 11.2. The highest BCUT2D eigenvalue weighted by Crippen LogP contribution is 2.23. The predicted octanol–water partition coefficient (Wildman–Crippen LogP) is 15.7. The Bertz CT molecular complexity index is 1270. The second kappa shape index (κ2) is 52.6. The summed E-state index contributed by atoms with van der Waals surface area (Å²) in [5, 5.41) is 54.4. The molecule has 0 spiro atoms. The average molecular weight is 1020 g/mol. The highest BCUT2D eigenvalue weighted by Gasteiger charge is 2.44. The smallest absolute Gasteiger partial charge is 0.220 e. The first-order chi connectivity index (χ1) is 35.3. The molecule has 72 heavy (non-hydrogen) atoms. The molecule has 0 aromatic heterocycles. The molecule has 7 unspecified atom stereocenters. The summed E-state index contributed by atoms with van der Waals surface area (Å²) in [7, 11) is 0. The molecule has 9 heteroatoms. The van der Waals surface area contributed by atoms with Crippen molar-refractivity contribution in [3.8, 4) is 0 Å². The predicted molar refractivity (Wildman–Crippen MR) is 304 cm³/mol. The summed E-state index contributed by atoms with van der Waals surface area (Å²) in [4.78, 5) is 13.0. The number of ether oxygens (including phenoxy) is 2. The molecule has 1 heterocycles.